The molecule has 3 rings (SSSR count). The summed E-state index contributed by atoms with van der Waals surface area (Å²) in [6, 6.07) is 21.9. The number of nitrogens with zero attached hydrogens (tertiary/aromatic N) is 1. The van der Waals surface area contributed by atoms with Crippen molar-refractivity contribution in [3.05, 3.63) is 99.5 Å². The lowest BCUT2D eigenvalue weighted by Gasteiger charge is -2.32. The summed E-state index contributed by atoms with van der Waals surface area (Å²) in [5, 5.41) is 3.79. The van der Waals surface area contributed by atoms with Gasteiger partial charge in [-0.15, -0.1) is 0 Å². The van der Waals surface area contributed by atoms with Crippen LogP contribution in [0.25, 0.3) is 0 Å². The molecule has 0 aliphatic heterocycles. The fraction of sp³-hybridized carbons (Fsp3) is 0.355. The molecule has 38 heavy (non-hydrogen) atoms. The second-order valence-electron chi connectivity index (χ2n) is 10.3. The van der Waals surface area contributed by atoms with Gasteiger partial charge in [-0.25, -0.2) is 0 Å². The molecule has 1 atom stereocenters. The first-order chi connectivity index (χ1) is 18.1. The standard InChI is InChI=1S/C31H36Cl2N2O3/c1-5-17-34-30(37)27(19-22-11-7-6-8-12-22)35(20-23-15-16-25(32)26(33)18-23)29(36)21-38-28-14-10-9-13-24(28)31(2,3)4/h6-16,18,27H,5,17,19-21H2,1-4H3,(H,34,37)/t27-/m1/s1. The predicted octanol–water partition coefficient (Wildman–Crippen LogP) is 6.84. The van der Waals surface area contributed by atoms with Crippen molar-refractivity contribution in [2.45, 2.75) is 58.5 Å². The van der Waals surface area contributed by atoms with E-state index in [-0.39, 0.29) is 30.4 Å². The van der Waals surface area contributed by atoms with Gasteiger partial charge in [-0.2, -0.15) is 0 Å². The Morgan fingerprint density at radius 1 is 0.921 bits per heavy atom. The molecule has 2 amide bonds. The van der Waals surface area contributed by atoms with Crippen LogP contribution in [0.4, 0.5) is 0 Å². The van der Waals surface area contributed by atoms with Gasteiger partial charge in [0, 0.05) is 19.5 Å². The summed E-state index contributed by atoms with van der Waals surface area (Å²) in [6.07, 6.45) is 1.15. The Hall–Kier alpha value is -3.02. The molecular formula is C31H36Cl2N2O3. The number of benzene rings is 3. The molecule has 0 saturated carbocycles. The molecule has 5 nitrogen and oxygen atoms in total. The average molecular weight is 556 g/mol. The highest BCUT2D eigenvalue weighted by Crippen LogP contribution is 2.31. The highest BCUT2D eigenvalue weighted by atomic mass is 35.5. The SMILES string of the molecule is CCCNC(=O)[C@@H](Cc1ccccc1)N(Cc1ccc(Cl)c(Cl)c1)C(=O)COc1ccccc1C(C)(C)C. The second-order valence-corrected chi connectivity index (χ2v) is 11.1. The number of carbonyl (C=O) groups excluding carboxylic acids is 2. The van der Waals surface area contributed by atoms with Crippen LogP contribution in [0, 0.1) is 0 Å². The Balaban J connectivity index is 1.95. The number of para-hydroxylation sites is 1. The molecule has 1 N–H and O–H groups in total. The molecule has 0 radical (unpaired) electrons. The van der Waals surface area contributed by atoms with Crippen LogP contribution in [-0.2, 0) is 28.0 Å². The van der Waals surface area contributed by atoms with E-state index in [9.17, 15) is 9.59 Å². The van der Waals surface area contributed by atoms with Gasteiger partial charge in [0.15, 0.2) is 6.61 Å². The van der Waals surface area contributed by atoms with Gasteiger partial charge in [0.2, 0.25) is 5.91 Å². The summed E-state index contributed by atoms with van der Waals surface area (Å²) in [7, 11) is 0. The van der Waals surface area contributed by atoms with Gasteiger partial charge in [0.1, 0.15) is 11.8 Å². The molecule has 202 valence electrons. The first kappa shape index (κ1) is 29.5. The van der Waals surface area contributed by atoms with E-state index >= 15 is 0 Å². The van der Waals surface area contributed by atoms with Crippen LogP contribution in [0.15, 0.2) is 72.8 Å². The fourth-order valence-corrected chi connectivity index (χ4v) is 4.51. The van der Waals surface area contributed by atoms with Crippen molar-refractivity contribution in [1.82, 2.24) is 10.2 Å². The summed E-state index contributed by atoms with van der Waals surface area (Å²) in [5.74, 6) is 0.143. The molecule has 0 aliphatic carbocycles. The van der Waals surface area contributed by atoms with Gasteiger partial charge < -0.3 is 15.0 Å². The minimum Gasteiger partial charge on any atom is -0.483 e. The summed E-state index contributed by atoms with van der Waals surface area (Å²) < 4.78 is 6.08. The molecule has 0 aromatic heterocycles. The number of hydrogen-bond acceptors (Lipinski definition) is 3. The zero-order valence-electron chi connectivity index (χ0n) is 22.5. The van der Waals surface area contributed by atoms with E-state index in [2.05, 4.69) is 26.1 Å². The third-order valence-corrected chi connectivity index (χ3v) is 6.94. The van der Waals surface area contributed by atoms with Gasteiger partial charge in [-0.3, -0.25) is 9.59 Å². The highest BCUT2D eigenvalue weighted by Gasteiger charge is 2.31. The third kappa shape index (κ3) is 8.24. The van der Waals surface area contributed by atoms with Crippen molar-refractivity contribution in [3.63, 3.8) is 0 Å². The van der Waals surface area contributed by atoms with Crippen molar-refractivity contribution in [2.24, 2.45) is 0 Å². The Morgan fingerprint density at radius 2 is 1.61 bits per heavy atom. The smallest absolute Gasteiger partial charge is 0.261 e. The molecular weight excluding hydrogens is 519 g/mol. The maximum absolute atomic E-state index is 13.8. The van der Waals surface area contributed by atoms with Crippen LogP contribution in [0.2, 0.25) is 10.0 Å². The number of nitrogens with one attached hydrogen (secondary N) is 1. The molecule has 0 heterocycles. The number of ether oxygens (including phenoxy) is 1. The number of amides is 2. The molecule has 0 saturated heterocycles. The highest BCUT2D eigenvalue weighted by molar-refractivity contribution is 6.42. The molecule has 3 aromatic carbocycles. The van der Waals surface area contributed by atoms with Gasteiger partial charge in [-0.05, 0) is 46.7 Å². The van der Waals surface area contributed by atoms with E-state index in [1.54, 1.807) is 17.0 Å². The molecule has 0 bridgehead atoms. The van der Waals surface area contributed by atoms with E-state index in [0.29, 0.717) is 28.8 Å². The van der Waals surface area contributed by atoms with Crippen molar-refractivity contribution in [1.29, 1.82) is 0 Å². The van der Waals surface area contributed by atoms with Crippen LogP contribution >= 0.6 is 23.2 Å². The number of rotatable bonds is 11. The van der Waals surface area contributed by atoms with Crippen molar-refractivity contribution < 1.29 is 14.3 Å². The first-order valence-corrected chi connectivity index (χ1v) is 13.6. The molecule has 0 fully saturated rings. The maximum Gasteiger partial charge on any atom is 0.261 e. The number of halogens is 2. The second kappa shape index (κ2) is 13.7. The number of hydrogen-bond donors (Lipinski definition) is 1. The minimum absolute atomic E-state index is 0.157. The lowest BCUT2D eigenvalue weighted by molar-refractivity contribution is -0.142. The first-order valence-electron chi connectivity index (χ1n) is 12.9. The predicted molar refractivity (Wildman–Crippen MR) is 155 cm³/mol. The zero-order chi connectivity index (χ0) is 27.7. The fourth-order valence-electron chi connectivity index (χ4n) is 4.19. The van der Waals surface area contributed by atoms with E-state index in [1.165, 1.54) is 0 Å². The van der Waals surface area contributed by atoms with Crippen molar-refractivity contribution in [2.75, 3.05) is 13.2 Å². The van der Waals surface area contributed by atoms with E-state index in [4.69, 9.17) is 27.9 Å². The summed E-state index contributed by atoms with van der Waals surface area (Å²) in [6.45, 7) is 8.78. The Labute approximate surface area is 236 Å². The Kier molecular flexibility index (Phi) is 10.6. The lowest BCUT2D eigenvalue weighted by Crippen LogP contribution is -2.51. The average Bonchev–Trinajstić information content (AvgIpc) is 2.90. The van der Waals surface area contributed by atoms with E-state index < -0.39 is 6.04 Å². The number of carbonyl (C=O) groups is 2. The summed E-state index contributed by atoms with van der Waals surface area (Å²) >= 11 is 12.4. The molecule has 3 aromatic rings. The van der Waals surface area contributed by atoms with Crippen molar-refractivity contribution in [3.8, 4) is 5.75 Å². The molecule has 0 unspecified atom stereocenters. The van der Waals surface area contributed by atoms with Gasteiger partial charge in [0.25, 0.3) is 5.91 Å². The lowest BCUT2D eigenvalue weighted by atomic mass is 9.86. The van der Waals surface area contributed by atoms with Crippen molar-refractivity contribution >= 4 is 35.0 Å². The van der Waals surface area contributed by atoms with Crippen LogP contribution < -0.4 is 10.1 Å². The van der Waals surface area contributed by atoms with Gasteiger partial charge in [-0.1, -0.05) is 105 Å². The van der Waals surface area contributed by atoms with Crippen LogP contribution in [0.3, 0.4) is 0 Å². The monoisotopic (exact) mass is 554 g/mol. The van der Waals surface area contributed by atoms with Crippen LogP contribution in [0.1, 0.15) is 50.8 Å². The molecule has 0 spiro atoms. The normalized spacial score (nSPS) is 12.1. The quantitative estimate of drug-likeness (QED) is 0.282. The third-order valence-electron chi connectivity index (χ3n) is 6.20. The van der Waals surface area contributed by atoms with Gasteiger partial charge in [0.05, 0.1) is 10.0 Å². The summed E-state index contributed by atoms with van der Waals surface area (Å²) in [5.41, 5.74) is 2.57. The maximum atomic E-state index is 13.8. The van der Waals surface area contributed by atoms with Crippen LogP contribution in [0.5, 0.6) is 5.75 Å². The summed E-state index contributed by atoms with van der Waals surface area (Å²) in [4.78, 5) is 28.8. The largest absolute Gasteiger partial charge is 0.483 e. The Bertz CT molecular complexity index is 1230. The zero-order valence-corrected chi connectivity index (χ0v) is 24.0. The van der Waals surface area contributed by atoms with Crippen LogP contribution in [-0.4, -0.2) is 35.9 Å². The topological polar surface area (TPSA) is 58.6 Å². The van der Waals surface area contributed by atoms with E-state index in [1.807, 2.05) is 67.6 Å². The van der Waals surface area contributed by atoms with Gasteiger partial charge >= 0.3 is 0 Å². The minimum atomic E-state index is -0.743. The van der Waals surface area contributed by atoms with E-state index in [0.717, 1.165) is 23.1 Å². The molecule has 7 heteroatoms. The molecule has 0 aliphatic rings. The Morgan fingerprint density at radius 3 is 2.26 bits per heavy atom.